The average molecular weight is 522 g/mol. The van der Waals surface area contributed by atoms with Crippen LogP contribution in [0.25, 0.3) is 0 Å². The van der Waals surface area contributed by atoms with Crippen molar-refractivity contribution in [1.82, 2.24) is 18.8 Å². The molecule has 0 saturated carbocycles. The second-order valence-corrected chi connectivity index (χ2v) is 11.6. The van der Waals surface area contributed by atoms with Crippen molar-refractivity contribution in [2.24, 2.45) is 11.8 Å². The van der Waals surface area contributed by atoms with Gasteiger partial charge in [-0.15, -0.1) is 0 Å². The minimum atomic E-state index is -3.72. The van der Waals surface area contributed by atoms with Crippen LogP contribution in [0, 0.1) is 29.0 Å². The highest BCUT2D eigenvalue weighted by Gasteiger charge is 2.44. The van der Waals surface area contributed by atoms with Crippen LogP contribution >= 0.6 is 0 Å². The van der Waals surface area contributed by atoms with E-state index in [-0.39, 0.29) is 37.4 Å². The Morgan fingerprint density at radius 2 is 1.89 bits per heavy atom. The Morgan fingerprint density at radius 1 is 1.17 bits per heavy atom. The molecule has 1 aromatic rings. The third-order valence-corrected chi connectivity index (χ3v) is 9.21. The van der Waals surface area contributed by atoms with Gasteiger partial charge in [0, 0.05) is 38.3 Å². The molecule has 3 heterocycles. The summed E-state index contributed by atoms with van der Waals surface area (Å²) in [6.45, 7) is 2.90. The van der Waals surface area contributed by atoms with Crippen LogP contribution in [0.1, 0.15) is 44.2 Å². The molecule has 196 valence electrons. The normalized spacial score (nSPS) is 24.6. The number of carbonyl (C=O) groups is 2. The third kappa shape index (κ3) is 5.19. The number of amides is 2. The van der Waals surface area contributed by atoms with Gasteiger partial charge in [-0.05, 0) is 50.8 Å². The van der Waals surface area contributed by atoms with Gasteiger partial charge in [0.25, 0.3) is 10.2 Å². The number of hydrogen-bond acceptors (Lipinski definition) is 6. The minimum absolute atomic E-state index is 0.0661. The van der Waals surface area contributed by atoms with Gasteiger partial charge in [-0.25, -0.2) is 4.39 Å². The van der Waals surface area contributed by atoms with Crippen LogP contribution in [0.3, 0.4) is 0 Å². The predicted octanol–water partition coefficient (Wildman–Crippen LogP) is 1.41. The molecule has 0 aliphatic carbocycles. The fourth-order valence-electron chi connectivity index (χ4n) is 5.19. The maximum atomic E-state index is 13.8. The van der Waals surface area contributed by atoms with Crippen molar-refractivity contribution in [2.45, 2.75) is 44.7 Å². The molecule has 2 amide bonds. The minimum Gasteiger partial charge on any atom is -0.496 e. The van der Waals surface area contributed by atoms with Crippen molar-refractivity contribution < 1.29 is 27.1 Å². The van der Waals surface area contributed by atoms with Crippen LogP contribution in [0.15, 0.2) is 18.2 Å². The highest BCUT2D eigenvalue weighted by molar-refractivity contribution is 7.86. The van der Waals surface area contributed by atoms with Crippen molar-refractivity contribution >= 4 is 22.0 Å². The summed E-state index contributed by atoms with van der Waals surface area (Å²) in [7, 11) is -2.25. The van der Waals surface area contributed by atoms with Crippen LogP contribution < -0.4 is 10.1 Å². The maximum absolute atomic E-state index is 13.8. The molecule has 0 radical (unpaired) electrons. The van der Waals surface area contributed by atoms with Gasteiger partial charge in [-0.2, -0.15) is 22.3 Å². The van der Waals surface area contributed by atoms with E-state index in [1.54, 1.807) is 11.8 Å². The molecule has 1 aromatic carbocycles. The summed E-state index contributed by atoms with van der Waals surface area (Å²) in [4.78, 5) is 28.1. The number of piperidine rings is 1. The Kier molecular flexibility index (Phi) is 7.82. The van der Waals surface area contributed by atoms with Crippen molar-refractivity contribution in [3.8, 4) is 11.8 Å². The molecule has 3 aliphatic rings. The zero-order valence-electron chi connectivity index (χ0n) is 20.5. The number of nitrogens with zero attached hydrogens (tertiary/aromatic N) is 4. The first kappa shape index (κ1) is 26.3. The standard InChI is InChI=1S/C24H32FN5O5S/c1-16(20-11-19(25)7-8-22(20)35-2)27-23(31)21-6-4-10-30(21)24(32)18-5-3-9-28(15-18)36(33,34)29-13-17(12-26)14-29/h7-8,11,16-18,21H,3-6,9-10,13-15H2,1-2H3,(H,27,31)/t16-,18+,21-/m1/s1. The number of methoxy groups -OCH3 is 1. The molecule has 0 spiro atoms. The van der Waals surface area contributed by atoms with E-state index >= 15 is 0 Å². The second-order valence-electron chi connectivity index (χ2n) is 9.65. The second kappa shape index (κ2) is 10.7. The van der Waals surface area contributed by atoms with Crippen LogP contribution in [-0.4, -0.2) is 79.6 Å². The maximum Gasteiger partial charge on any atom is 0.282 e. The topological polar surface area (TPSA) is 123 Å². The van der Waals surface area contributed by atoms with Crippen molar-refractivity contribution in [1.29, 1.82) is 5.26 Å². The molecule has 3 aliphatic heterocycles. The highest BCUT2D eigenvalue weighted by Crippen LogP contribution is 2.30. The Hall–Kier alpha value is -2.75. The zero-order valence-corrected chi connectivity index (χ0v) is 21.3. The Bertz CT molecular complexity index is 1150. The number of nitriles is 1. The number of carbonyl (C=O) groups excluding carboxylic acids is 2. The van der Waals surface area contributed by atoms with E-state index in [9.17, 15) is 22.4 Å². The van der Waals surface area contributed by atoms with Crippen LogP contribution in [0.2, 0.25) is 0 Å². The lowest BCUT2D eigenvalue weighted by atomic mass is 9.97. The summed E-state index contributed by atoms with van der Waals surface area (Å²) in [5.74, 6) is -1.36. The number of halogens is 1. The van der Waals surface area contributed by atoms with E-state index in [4.69, 9.17) is 10.00 Å². The van der Waals surface area contributed by atoms with Crippen molar-refractivity contribution in [2.75, 3.05) is 39.8 Å². The van der Waals surface area contributed by atoms with Gasteiger partial charge in [0.2, 0.25) is 11.8 Å². The number of ether oxygens (including phenoxy) is 1. The lowest BCUT2D eigenvalue weighted by molar-refractivity contribution is -0.142. The van der Waals surface area contributed by atoms with E-state index in [2.05, 4.69) is 11.4 Å². The van der Waals surface area contributed by atoms with E-state index in [1.165, 1.54) is 33.9 Å². The molecule has 1 N–H and O–H groups in total. The molecular formula is C24H32FN5O5S. The molecule has 36 heavy (non-hydrogen) atoms. The lowest BCUT2D eigenvalue weighted by Gasteiger charge is -2.41. The van der Waals surface area contributed by atoms with Crippen LogP contribution in [-0.2, 0) is 19.8 Å². The highest BCUT2D eigenvalue weighted by atomic mass is 32.2. The Morgan fingerprint density at radius 3 is 2.58 bits per heavy atom. The van der Waals surface area contributed by atoms with Gasteiger partial charge in [-0.3, -0.25) is 9.59 Å². The van der Waals surface area contributed by atoms with Gasteiger partial charge < -0.3 is 15.0 Å². The van der Waals surface area contributed by atoms with Crippen molar-refractivity contribution in [3.05, 3.63) is 29.6 Å². The van der Waals surface area contributed by atoms with E-state index in [0.29, 0.717) is 50.1 Å². The number of benzene rings is 1. The fraction of sp³-hybridized carbons (Fsp3) is 0.625. The molecule has 12 heteroatoms. The Labute approximate surface area is 211 Å². The number of likely N-dealkylation sites (tertiary alicyclic amines) is 1. The van der Waals surface area contributed by atoms with Crippen molar-refractivity contribution in [3.63, 3.8) is 0 Å². The number of rotatable bonds is 7. The smallest absolute Gasteiger partial charge is 0.282 e. The first-order valence-corrected chi connectivity index (χ1v) is 13.6. The summed E-state index contributed by atoms with van der Waals surface area (Å²) in [5.41, 5.74) is 0.500. The van der Waals surface area contributed by atoms with Crippen LogP contribution in [0.4, 0.5) is 4.39 Å². The molecule has 0 unspecified atom stereocenters. The summed E-state index contributed by atoms with van der Waals surface area (Å²) in [5, 5.41) is 11.8. The number of hydrogen-bond donors (Lipinski definition) is 1. The lowest BCUT2D eigenvalue weighted by Crippen LogP contribution is -2.57. The van der Waals surface area contributed by atoms with E-state index in [0.717, 1.165) is 0 Å². The average Bonchev–Trinajstić information content (AvgIpc) is 3.33. The quantitative estimate of drug-likeness (QED) is 0.579. The SMILES string of the molecule is COc1ccc(F)cc1[C@@H](C)NC(=O)[C@H]1CCCN1C(=O)[C@H]1CCCN(S(=O)(=O)N2CC(C#N)C2)C1. The molecule has 0 aromatic heterocycles. The van der Waals surface area contributed by atoms with Crippen LogP contribution in [0.5, 0.6) is 5.75 Å². The largest absolute Gasteiger partial charge is 0.496 e. The number of nitrogens with one attached hydrogen (secondary N) is 1. The monoisotopic (exact) mass is 521 g/mol. The summed E-state index contributed by atoms with van der Waals surface area (Å²) in [6, 6.07) is 4.96. The molecule has 3 atom stereocenters. The van der Waals surface area contributed by atoms with Gasteiger partial charge in [0.1, 0.15) is 17.6 Å². The van der Waals surface area contributed by atoms with E-state index in [1.807, 2.05) is 0 Å². The summed E-state index contributed by atoms with van der Waals surface area (Å²) >= 11 is 0. The first-order chi connectivity index (χ1) is 17.1. The molecule has 0 bridgehead atoms. The molecule has 3 fully saturated rings. The van der Waals surface area contributed by atoms with Gasteiger partial charge in [0.05, 0.1) is 31.1 Å². The first-order valence-electron chi connectivity index (χ1n) is 12.2. The molecule has 4 rings (SSSR count). The predicted molar refractivity (Wildman–Crippen MR) is 128 cm³/mol. The van der Waals surface area contributed by atoms with Gasteiger partial charge >= 0.3 is 0 Å². The molecule has 3 saturated heterocycles. The van der Waals surface area contributed by atoms with Gasteiger partial charge in [-0.1, -0.05) is 0 Å². The molecular weight excluding hydrogens is 489 g/mol. The summed E-state index contributed by atoms with van der Waals surface area (Å²) in [6.07, 6.45) is 2.27. The zero-order chi connectivity index (χ0) is 26.0. The van der Waals surface area contributed by atoms with Gasteiger partial charge in [0.15, 0.2) is 0 Å². The van der Waals surface area contributed by atoms with E-state index < -0.39 is 34.0 Å². The summed E-state index contributed by atoms with van der Waals surface area (Å²) < 4.78 is 47.6. The fourth-order valence-corrected chi connectivity index (χ4v) is 6.98. The Balaban J connectivity index is 1.40. The molecule has 10 nitrogen and oxygen atoms in total. The third-order valence-electron chi connectivity index (χ3n) is 7.27.